The van der Waals surface area contributed by atoms with Gasteiger partial charge in [0.25, 0.3) is 0 Å². The van der Waals surface area contributed by atoms with Crippen molar-refractivity contribution in [3.8, 4) is 0 Å². The summed E-state index contributed by atoms with van der Waals surface area (Å²) in [6.07, 6.45) is -0.0290. The summed E-state index contributed by atoms with van der Waals surface area (Å²) in [6.45, 7) is 3.99. The Balaban J connectivity index is 1.22. The standard InChI is InChI=1S/C32H34N4O8/c1-3-41-29(37)15-5-7-23-19(9-15)21-11-17(33)13-25(27(21)35-23)43-31(39)32(40)44-26-14-18(34)12-22-20-10-16(30(38)42-4-2)6-8-24(20)36-28(22)26/h5-10,17-18,25-26,35-36H,3-4,11-14,33-34H2,1-2H3. The number of carbonyl (C=O) groups excluding carboxylic acids is 4. The van der Waals surface area contributed by atoms with Crippen LogP contribution in [0.2, 0.25) is 0 Å². The number of carbonyl (C=O) groups is 4. The van der Waals surface area contributed by atoms with Crippen LogP contribution in [0.5, 0.6) is 0 Å². The molecule has 0 saturated carbocycles. The molecular formula is C32H34N4O8. The SMILES string of the molecule is CCOC(=O)c1ccc2[nH]c3c(c2c1)CC(N)CC3OC(=O)C(=O)OC1CC(N)Cc2c1[nH]c1ccc(C(=O)OCC)cc21. The summed E-state index contributed by atoms with van der Waals surface area (Å²) in [6, 6.07) is 9.62. The van der Waals surface area contributed by atoms with E-state index in [9.17, 15) is 19.2 Å². The quantitative estimate of drug-likeness (QED) is 0.145. The molecule has 2 aliphatic carbocycles. The lowest BCUT2D eigenvalue weighted by Gasteiger charge is -2.28. The molecule has 2 aliphatic rings. The number of hydrogen-bond acceptors (Lipinski definition) is 10. The van der Waals surface area contributed by atoms with E-state index in [0.717, 1.165) is 32.9 Å². The predicted octanol–water partition coefficient (Wildman–Crippen LogP) is 3.42. The Morgan fingerprint density at radius 1 is 0.705 bits per heavy atom. The van der Waals surface area contributed by atoms with E-state index in [2.05, 4.69) is 9.97 Å². The van der Waals surface area contributed by atoms with Crippen LogP contribution in [-0.4, -0.2) is 59.1 Å². The van der Waals surface area contributed by atoms with Crippen LogP contribution < -0.4 is 11.5 Å². The van der Waals surface area contributed by atoms with Gasteiger partial charge >= 0.3 is 23.9 Å². The summed E-state index contributed by atoms with van der Waals surface area (Å²) in [4.78, 5) is 57.3. The van der Waals surface area contributed by atoms with Gasteiger partial charge in [-0.1, -0.05) is 0 Å². The molecule has 0 radical (unpaired) electrons. The fraction of sp³-hybridized carbons (Fsp3) is 0.375. The number of hydrogen-bond donors (Lipinski definition) is 4. The normalized spacial score (nSPS) is 20.9. The first-order chi connectivity index (χ1) is 21.2. The van der Waals surface area contributed by atoms with Crippen LogP contribution in [0.4, 0.5) is 0 Å². The smallest absolute Gasteiger partial charge is 0.418 e. The Morgan fingerprint density at radius 3 is 1.50 bits per heavy atom. The predicted molar refractivity (Wildman–Crippen MR) is 159 cm³/mol. The van der Waals surface area contributed by atoms with Crippen molar-refractivity contribution < 1.29 is 38.1 Å². The van der Waals surface area contributed by atoms with E-state index in [1.165, 1.54) is 0 Å². The monoisotopic (exact) mass is 602 g/mol. The summed E-state index contributed by atoms with van der Waals surface area (Å²) in [5, 5.41) is 1.55. The minimum atomic E-state index is -1.15. The molecule has 0 bridgehead atoms. The molecule has 2 aromatic carbocycles. The molecule has 230 valence electrons. The summed E-state index contributed by atoms with van der Waals surface area (Å²) in [5.41, 5.74) is 17.8. The van der Waals surface area contributed by atoms with E-state index in [1.807, 2.05) is 0 Å². The minimum Gasteiger partial charge on any atom is -0.462 e. The summed E-state index contributed by atoms with van der Waals surface area (Å²) >= 11 is 0. The summed E-state index contributed by atoms with van der Waals surface area (Å²) in [7, 11) is 0. The van der Waals surface area contributed by atoms with E-state index in [4.69, 9.17) is 30.4 Å². The van der Waals surface area contributed by atoms with Crippen LogP contribution in [0.15, 0.2) is 36.4 Å². The molecule has 4 aromatic rings. The fourth-order valence-electron chi connectivity index (χ4n) is 6.25. The number of ether oxygens (including phenoxy) is 4. The highest BCUT2D eigenvalue weighted by Gasteiger charge is 2.36. The molecule has 2 heterocycles. The molecule has 0 saturated heterocycles. The third-order valence-electron chi connectivity index (χ3n) is 8.18. The highest BCUT2D eigenvalue weighted by atomic mass is 16.6. The molecule has 4 atom stereocenters. The number of nitrogens with one attached hydrogen (secondary N) is 2. The second-order valence-electron chi connectivity index (χ2n) is 11.2. The van der Waals surface area contributed by atoms with Crippen LogP contribution in [0, 0.1) is 0 Å². The topological polar surface area (TPSA) is 189 Å². The van der Waals surface area contributed by atoms with E-state index in [1.54, 1.807) is 50.2 Å². The van der Waals surface area contributed by atoms with Gasteiger partial charge in [0.2, 0.25) is 0 Å². The first-order valence-electron chi connectivity index (χ1n) is 14.7. The van der Waals surface area contributed by atoms with E-state index in [0.29, 0.717) is 48.2 Å². The Labute approximate surface area is 252 Å². The second-order valence-corrected chi connectivity index (χ2v) is 11.2. The molecule has 0 aliphatic heterocycles. The van der Waals surface area contributed by atoms with Gasteiger partial charge in [-0.2, -0.15) is 0 Å². The number of aromatic nitrogens is 2. The molecule has 0 fully saturated rings. The van der Waals surface area contributed by atoms with Gasteiger partial charge in [-0.25, -0.2) is 19.2 Å². The van der Waals surface area contributed by atoms with Crippen molar-refractivity contribution in [3.63, 3.8) is 0 Å². The first-order valence-corrected chi connectivity index (χ1v) is 14.7. The number of H-pyrrole nitrogens is 2. The maximum absolute atomic E-state index is 13.1. The van der Waals surface area contributed by atoms with Crippen molar-refractivity contribution in [2.24, 2.45) is 11.5 Å². The number of fused-ring (bicyclic) bond motifs is 6. The van der Waals surface area contributed by atoms with Crippen molar-refractivity contribution in [2.75, 3.05) is 13.2 Å². The van der Waals surface area contributed by atoms with Gasteiger partial charge in [0, 0.05) is 46.7 Å². The average Bonchev–Trinajstić information content (AvgIpc) is 3.55. The van der Waals surface area contributed by atoms with E-state index >= 15 is 0 Å². The van der Waals surface area contributed by atoms with Gasteiger partial charge in [-0.15, -0.1) is 0 Å². The van der Waals surface area contributed by atoms with Crippen LogP contribution in [0.25, 0.3) is 21.8 Å². The number of rotatable bonds is 6. The molecule has 6 rings (SSSR count). The zero-order valence-corrected chi connectivity index (χ0v) is 24.4. The lowest BCUT2D eigenvalue weighted by molar-refractivity contribution is -0.175. The Morgan fingerprint density at radius 2 is 1.11 bits per heavy atom. The lowest BCUT2D eigenvalue weighted by Crippen LogP contribution is -2.35. The fourth-order valence-corrected chi connectivity index (χ4v) is 6.25. The van der Waals surface area contributed by atoms with E-state index < -0.39 is 36.1 Å². The lowest BCUT2D eigenvalue weighted by atomic mass is 9.89. The maximum atomic E-state index is 13.1. The zero-order chi connectivity index (χ0) is 31.1. The van der Waals surface area contributed by atoms with Gasteiger partial charge in [-0.3, -0.25) is 0 Å². The highest BCUT2D eigenvalue weighted by molar-refractivity contribution is 6.29. The third-order valence-corrected chi connectivity index (χ3v) is 8.18. The van der Waals surface area contributed by atoms with Gasteiger partial charge in [-0.05, 0) is 74.2 Å². The number of esters is 4. The van der Waals surface area contributed by atoms with Crippen LogP contribution in [-0.2, 0) is 41.4 Å². The molecular weight excluding hydrogens is 568 g/mol. The van der Waals surface area contributed by atoms with Crippen LogP contribution in [0.1, 0.15) is 82.1 Å². The first kappa shape index (κ1) is 29.4. The van der Waals surface area contributed by atoms with Crippen molar-refractivity contribution in [3.05, 3.63) is 70.0 Å². The zero-order valence-electron chi connectivity index (χ0n) is 24.4. The summed E-state index contributed by atoms with van der Waals surface area (Å²) < 4.78 is 21.6. The molecule has 2 aromatic heterocycles. The highest BCUT2D eigenvalue weighted by Crippen LogP contribution is 2.39. The second kappa shape index (κ2) is 11.8. The minimum absolute atomic E-state index is 0.256. The van der Waals surface area contributed by atoms with Gasteiger partial charge in [0.15, 0.2) is 0 Å². The van der Waals surface area contributed by atoms with Gasteiger partial charge in [0.1, 0.15) is 12.2 Å². The average molecular weight is 603 g/mol. The third kappa shape index (κ3) is 5.42. The van der Waals surface area contributed by atoms with E-state index in [-0.39, 0.29) is 25.3 Å². The maximum Gasteiger partial charge on any atom is 0.418 e. The Kier molecular flexibility index (Phi) is 7.87. The van der Waals surface area contributed by atoms with Crippen molar-refractivity contribution >= 4 is 45.7 Å². The van der Waals surface area contributed by atoms with Crippen molar-refractivity contribution in [1.29, 1.82) is 0 Å². The van der Waals surface area contributed by atoms with Crippen LogP contribution >= 0.6 is 0 Å². The molecule has 0 spiro atoms. The summed E-state index contributed by atoms with van der Waals surface area (Å²) in [5.74, 6) is -3.17. The molecule has 0 amide bonds. The van der Waals surface area contributed by atoms with Crippen LogP contribution in [0.3, 0.4) is 0 Å². The molecule has 12 nitrogen and oxygen atoms in total. The Hall–Kier alpha value is -4.68. The number of nitrogens with two attached hydrogens (primary N) is 2. The number of aromatic amines is 2. The molecule has 4 unspecified atom stereocenters. The van der Waals surface area contributed by atoms with Gasteiger partial charge in [0.05, 0.1) is 35.7 Å². The molecule has 12 heteroatoms. The van der Waals surface area contributed by atoms with Crippen molar-refractivity contribution in [1.82, 2.24) is 9.97 Å². The molecule has 6 N–H and O–H groups in total. The largest absolute Gasteiger partial charge is 0.462 e. The van der Waals surface area contributed by atoms with Crippen molar-refractivity contribution in [2.45, 2.75) is 63.8 Å². The Bertz CT molecular complexity index is 1660. The van der Waals surface area contributed by atoms with Gasteiger partial charge < -0.3 is 40.4 Å². The number of benzene rings is 2. The molecule has 44 heavy (non-hydrogen) atoms.